The van der Waals surface area contributed by atoms with Crippen LogP contribution in [0, 0.1) is 0 Å². The van der Waals surface area contributed by atoms with Gasteiger partial charge in [0, 0.05) is 22.3 Å². The molecule has 2 rings (SSSR count). The molecule has 0 aliphatic carbocycles. The Kier molecular flexibility index (Phi) is 5.82. The lowest BCUT2D eigenvalue weighted by Gasteiger charge is -2.10. The first-order chi connectivity index (χ1) is 11.5. The summed E-state index contributed by atoms with van der Waals surface area (Å²) in [5.74, 6) is -1.59. The molecule has 0 aliphatic rings. The molecule has 0 unspecified atom stereocenters. The van der Waals surface area contributed by atoms with Gasteiger partial charge >= 0.3 is 0 Å². The lowest BCUT2D eigenvalue weighted by molar-refractivity contribution is 0.473. The quantitative estimate of drug-likeness (QED) is 0.736. The van der Waals surface area contributed by atoms with Gasteiger partial charge in [0.1, 0.15) is 0 Å². The molecule has 0 saturated carbocycles. The van der Waals surface area contributed by atoms with Crippen molar-refractivity contribution in [2.45, 2.75) is 17.6 Å². The van der Waals surface area contributed by atoms with Crippen LogP contribution in [0.3, 0.4) is 0 Å². The molecular formula is C14H14Cl2N2O5S2. The average molecular weight is 425 g/mol. The molecular weight excluding hydrogens is 411 g/mol. The smallest absolute Gasteiger partial charge is 0.238 e. The van der Waals surface area contributed by atoms with Crippen LogP contribution in [0.25, 0.3) is 0 Å². The molecule has 1 aromatic carbocycles. The van der Waals surface area contributed by atoms with Crippen molar-refractivity contribution in [3.63, 3.8) is 0 Å². The minimum Gasteiger partial charge on any atom is -0.504 e. The highest BCUT2D eigenvalue weighted by molar-refractivity contribution is 7.92. The lowest BCUT2D eigenvalue weighted by Crippen LogP contribution is -2.16. The van der Waals surface area contributed by atoms with E-state index in [4.69, 9.17) is 23.2 Å². The zero-order chi connectivity index (χ0) is 18.8. The molecule has 0 bridgehead atoms. The Morgan fingerprint density at radius 1 is 1.08 bits per heavy atom. The number of hydrogen-bond donors (Lipinski definition) is 2. The number of benzene rings is 1. The Morgan fingerprint density at radius 3 is 2.20 bits per heavy atom. The van der Waals surface area contributed by atoms with E-state index >= 15 is 0 Å². The highest BCUT2D eigenvalue weighted by Crippen LogP contribution is 2.26. The maximum atomic E-state index is 12.2. The first kappa shape index (κ1) is 19.8. The molecule has 0 fully saturated rings. The first-order valence-electron chi connectivity index (χ1n) is 6.89. The third-order valence-electron chi connectivity index (χ3n) is 3.11. The van der Waals surface area contributed by atoms with Crippen molar-refractivity contribution in [3.05, 3.63) is 46.1 Å². The monoisotopic (exact) mass is 424 g/mol. The number of rotatable bonds is 6. The van der Waals surface area contributed by atoms with Gasteiger partial charge in [-0.15, -0.1) is 0 Å². The van der Waals surface area contributed by atoms with Crippen molar-refractivity contribution in [1.82, 2.24) is 4.98 Å². The summed E-state index contributed by atoms with van der Waals surface area (Å²) >= 11 is 11.7. The van der Waals surface area contributed by atoms with Gasteiger partial charge in [-0.25, -0.2) is 21.8 Å². The fourth-order valence-electron chi connectivity index (χ4n) is 1.95. The van der Waals surface area contributed by atoms with Crippen LogP contribution in [0.15, 0.2) is 35.4 Å². The second-order valence-corrected chi connectivity index (χ2v) is 9.95. The molecule has 0 saturated heterocycles. The maximum absolute atomic E-state index is 12.2. The summed E-state index contributed by atoms with van der Waals surface area (Å²) in [4.78, 5) is 3.49. The Hall–Kier alpha value is -1.55. The molecule has 2 N–H and O–H groups in total. The summed E-state index contributed by atoms with van der Waals surface area (Å²) in [5.41, 5.74) is 0.342. The van der Waals surface area contributed by atoms with Gasteiger partial charge in [0.05, 0.1) is 16.4 Å². The summed E-state index contributed by atoms with van der Waals surface area (Å²) in [6, 6.07) is 5.29. The number of halogens is 2. The van der Waals surface area contributed by atoms with E-state index in [2.05, 4.69) is 9.71 Å². The van der Waals surface area contributed by atoms with Crippen LogP contribution in [0.1, 0.15) is 12.5 Å². The van der Waals surface area contributed by atoms with Crippen LogP contribution in [0.5, 0.6) is 5.75 Å². The van der Waals surface area contributed by atoms with Crippen LogP contribution in [0.2, 0.25) is 10.0 Å². The van der Waals surface area contributed by atoms with Gasteiger partial charge in [-0.05, 0) is 23.8 Å². The largest absolute Gasteiger partial charge is 0.504 e. The predicted molar refractivity (Wildman–Crippen MR) is 96.3 cm³/mol. The third-order valence-corrected chi connectivity index (χ3v) is 6.47. The van der Waals surface area contributed by atoms with Crippen molar-refractivity contribution in [3.8, 4) is 5.75 Å². The second-order valence-electron chi connectivity index (χ2n) is 5.08. The van der Waals surface area contributed by atoms with Gasteiger partial charge in [-0.3, -0.25) is 4.72 Å². The number of aromatic hydroxyl groups is 1. The first-order valence-corrected chi connectivity index (χ1v) is 11.0. The van der Waals surface area contributed by atoms with Crippen molar-refractivity contribution >= 4 is 48.9 Å². The third kappa shape index (κ3) is 5.21. The minimum atomic E-state index is -3.94. The SMILES string of the molecule is CCS(=O)(=O)c1cnc(NS(=O)(=O)Cc2cc(Cl)cc(Cl)c2)c(O)c1. The zero-order valence-corrected chi connectivity index (χ0v) is 16.0. The minimum absolute atomic E-state index is 0.172. The summed E-state index contributed by atoms with van der Waals surface area (Å²) in [7, 11) is -7.51. The number of nitrogens with zero attached hydrogens (tertiary/aromatic N) is 1. The number of pyridine rings is 1. The normalized spacial score (nSPS) is 12.1. The Balaban J connectivity index is 2.26. The molecule has 1 aromatic heterocycles. The van der Waals surface area contributed by atoms with Crippen LogP contribution in [-0.4, -0.2) is 32.7 Å². The summed E-state index contributed by atoms with van der Waals surface area (Å²) in [5, 5.41) is 10.4. The molecule has 7 nitrogen and oxygen atoms in total. The molecule has 136 valence electrons. The zero-order valence-electron chi connectivity index (χ0n) is 12.9. The van der Waals surface area contributed by atoms with Crippen molar-refractivity contribution in [1.29, 1.82) is 0 Å². The van der Waals surface area contributed by atoms with E-state index in [-0.39, 0.29) is 26.5 Å². The maximum Gasteiger partial charge on any atom is 0.238 e. The molecule has 0 radical (unpaired) electrons. The summed E-state index contributed by atoms with van der Waals surface area (Å²) in [6.07, 6.45) is 0.979. The fourth-order valence-corrected chi connectivity index (χ4v) is 4.49. The van der Waals surface area contributed by atoms with Crippen LogP contribution in [-0.2, 0) is 25.6 Å². The highest BCUT2D eigenvalue weighted by Gasteiger charge is 2.19. The van der Waals surface area contributed by atoms with Crippen LogP contribution >= 0.6 is 23.2 Å². The van der Waals surface area contributed by atoms with E-state index in [1.54, 1.807) is 0 Å². The fraction of sp³-hybridized carbons (Fsp3) is 0.214. The number of sulfone groups is 1. The van der Waals surface area contributed by atoms with Gasteiger partial charge in [0.25, 0.3) is 0 Å². The predicted octanol–water partition coefficient (Wildman–Crippen LogP) is 2.83. The second kappa shape index (κ2) is 7.36. The Bertz CT molecular complexity index is 988. The van der Waals surface area contributed by atoms with Gasteiger partial charge in [-0.2, -0.15) is 0 Å². The number of aromatic nitrogens is 1. The van der Waals surface area contributed by atoms with E-state index in [0.717, 1.165) is 12.3 Å². The molecule has 1 heterocycles. The molecule has 0 atom stereocenters. The summed E-state index contributed by atoms with van der Waals surface area (Å²) < 4.78 is 50.0. The van der Waals surface area contributed by atoms with E-state index in [1.165, 1.54) is 25.1 Å². The molecule has 0 amide bonds. The number of sulfonamides is 1. The van der Waals surface area contributed by atoms with E-state index in [9.17, 15) is 21.9 Å². The standard InChI is InChI=1S/C14H14Cl2N2O5S2/c1-2-24(20,21)12-6-13(19)14(17-7-12)18-25(22,23)8-9-3-10(15)5-11(16)4-9/h3-7,19H,2,8H2,1H3,(H,17,18). The lowest BCUT2D eigenvalue weighted by atomic mass is 10.2. The molecule has 2 aromatic rings. The van der Waals surface area contributed by atoms with Crippen molar-refractivity contribution in [2.75, 3.05) is 10.5 Å². The van der Waals surface area contributed by atoms with E-state index in [0.29, 0.717) is 5.56 Å². The summed E-state index contributed by atoms with van der Waals surface area (Å²) in [6.45, 7) is 1.44. The molecule has 11 heteroatoms. The highest BCUT2D eigenvalue weighted by atomic mass is 35.5. The Morgan fingerprint density at radius 2 is 1.68 bits per heavy atom. The van der Waals surface area contributed by atoms with Crippen LogP contribution in [0.4, 0.5) is 5.82 Å². The number of nitrogens with one attached hydrogen (secondary N) is 1. The van der Waals surface area contributed by atoms with E-state index < -0.39 is 31.4 Å². The van der Waals surface area contributed by atoms with Gasteiger partial charge in [0.2, 0.25) is 10.0 Å². The average Bonchev–Trinajstić information content (AvgIpc) is 2.47. The van der Waals surface area contributed by atoms with E-state index in [1.807, 2.05) is 0 Å². The number of hydrogen-bond acceptors (Lipinski definition) is 6. The molecule has 0 aliphatic heterocycles. The topological polar surface area (TPSA) is 113 Å². The van der Waals surface area contributed by atoms with Crippen LogP contribution < -0.4 is 4.72 Å². The van der Waals surface area contributed by atoms with Gasteiger partial charge in [-0.1, -0.05) is 30.1 Å². The van der Waals surface area contributed by atoms with Gasteiger partial charge in [0.15, 0.2) is 21.4 Å². The Labute approximate surface area is 155 Å². The van der Waals surface area contributed by atoms with Crippen molar-refractivity contribution in [2.24, 2.45) is 0 Å². The van der Waals surface area contributed by atoms with Crippen molar-refractivity contribution < 1.29 is 21.9 Å². The molecule has 25 heavy (non-hydrogen) atoms. The van der Waals surface area contributed by atoms with Gasteiger partial charge < -0.3 is 5.11 Å². The molecule has 0 spiro atoms. The number of anilines is 1.